The molecule has 5 heteroatoms. The van der Waals surface area contributed by atoms with E-state index in [1.54, 1.807) is 6.20 Å². The predicted octanol–water partition coefficient (Wildman–Crippen LogP) is 3.34. The Balaban J connectivity index is 1.48. The van der Waals surface area contributed by atoms with Crippen LogP contribution in [-0.4, -0.2) is 20.7 Å². The second-order valence-corrected chi connectivity index (χ2v) is 6.77. The molecule has 25 heavy (non-hydrogen) atoms. The van der Waals surface area contributed by atoms with E-state index in [2.05, 4.69) is 35.3 Å². The lowest BCUT2D eigenvalue weighted by atomic mass is 10.1. The highest BCUT2D eigenvalue weighted by molar-refractivity contribution is 5.79. The molecule has 0 radical (unpaired) electrons. The number of aryl methyl sites for hydroxylation is 1. The standard InChI is InChI=1S/C20H24N4O/c1-15(2)13-24-14-17(12-23-24)11-22-20(25)8-6-16-5-7-19-18(10-16)4-3-9-21-19/h3-5,7,9-10,12,14-15H,6,8,11,13H2,1-2H3,(H,22,25). The van der Waals surface area contributed by atoms with Gasteiger partial charge in [0.05, 0.1) is 11.7 Å². The minimum atomic E-state index is 0.0582. The van der Waals surface area contributed by atoms with Gasteiger partial charge in [-0.25, -0.2) is 0 Å². The molecule has 130 valence electrons. The monoisotopic (exact) mass is 336 g/mol. The summed E-state index contributed by atoms with van der Waals surface area (Å²) in [4.78, 5) is 16.4. The molecule has 0 saturated carbocycles. The fourth-order valence-electron chi connectivity index (χ4n) is 2.80. The van der Waals surface area contributed by atoms with E-state index in [-0.39, 0.29) is 5.91 Å². The van der Waals surface area contributed by atoms with Crippen molar-refractivity contribution in [2.45, 2.75) is 39.8 Å². The number of hydrogen-bond acceptors (Lipinski definition) is 3. The third-order valence-electron chi connectivity index (χ3n) is 4.04. The zero-order valence-electron chi connectivity index (χ0n) is 14.8. The summed E-state index contributed by atoms with van der Waals surface area (Å²) in [7, 11) is 0. The first kappa shape index (κ1) is 17.1. The van der Waals surface area contributed by atoms with Gasteiger partial charge in [-0.1, -0.05) is 26.0 Å². The molecule has 3 rings (SSSR count). The maximum absolute atomic E-state index is 12.1. The Kier molecular flexibility index (Phi) is 5.43. The molecule has 0 saturated heterocycles. The summed E-state index contributed by atoms with van der Waals surface area (Å²) in [6.45, 7) is 5.74. The van der Waals surface area contributed by atoms with Crippen molar-refractivity contribution in [2.24, 2.45) is 5.92 Å². The van der Waals surface area contributed by atoms with E-state index in [1.165, 1.54) is 0 Å². The zero-order chi connectivity index (χ0) is 17.6. The molecule has 0 bridgehead atoms. The van der Waals surface area contributed by atoms with Crippen LogP contribution in [0.5, 0.6) is 0 Å². The highest BCUT2D eigenvalue weighted by Crippen LogP contribution is 2.14. The topological polar surface area (TPSA) is 59.8 Å². The van der Waals surface area contributed by atoms with E-state index >= 15 is 0 Å². The van der Waals surface area contributed by atoms with Crippen LogP contribution >= 0.6 is 0 Å². The Morgan fingerprint density at radius 1 is 1.24 bits per heavy atom. The molecule has 0 unspecified atom stereocenters. The Morgan fingerprint density at radius 2 is 2.12 bits per heavy atom. The number of nitrogens with zero attached hydrogens (tertiary/aromatic N) is 3. The maximum atomic E-state index is 12.1. The van der Waals surface area contributed by atoms with Crippen LogP contribution in [0.2, 0.25) is 0 Å². The summed E-state index contributed by atoms with van der Waals surface area (Å²) in [6.07, 6.45) is 6.81. The van der Waals surface area contributed by atoms with E-state index in [1.807, 2.05) is 41.3 Å². The minimum absolute atomic E-state index is 0.0582. The molecule has 2 heterocycles. The number of aromatic nitrogens is 3. The fourth-order valence-corrected chi connectivity index (χ4v) is 2.80. The number of fused-ring (bicyclic) bond motifs is 1. The molecule has 1 aromatic carbocycles. The van der Waals surface area contributed by atoms with Crippen molar-refractivity contribution >= 4 is 16.8 Å². The maximum Gasteiger partial charge on any atom is 0.220 e. The number of carbonyl (C=O) groups excluding carboxylic acids is 1. The molecule has 1 amide bonds. The molecule has 5 nitrogen and oxygen atoms in total. The van der Waals surface area contributed by atoms with Crippen molar-refractivity contribution in [1.82, 2.24) is 20.1 Å². The highest BCUT2D eigenvalue weighted by Gasteiger charge is 2.05. The van der Waals surface area contributed by atoms with Crippen molar-refractivity contribution in [3.8, 4) is 0 Å². The van der Waals surface area contributed by atoms with Crippen molar-refractivity contribution in [2.75, 3.05) is 0 Å². The smallest absolute Gasteiger partial charge is 0.220 e. The molecule has 3 aromatic rings. The average Bonchev–Trinajstić information content (AvgIpc) is 3.04. The first-order chi connectivity index (χ1) is 12.1. The predicted molar refractivity (Wildman–Crippen MR) is 99.0 cm³/mol. The van der Waals surface area contributed by atoms with Crippen molar-refractivity contribution in [3.05, 3.63) is 60.0 Å². The van der Waals surface area contributed by atoms with Crippen molar-refractivity contribution < 1.29 is 4.79 Å². The van der Waals surface area contributed by atoms with Gasteiger partial charge in [0.25, 0.3) is 0 Å². The van der Waals surface area contributed by atoms with Gasteiger partial charge in [0.1, 0.15) is 0 Å². The van der Waals surface area contributed by atoms with Gasteiger partial charge >= 0.3 is 0 Å². The molecule has 2 aromatic heterocycles. The van der Waals surface area contributed by atoms with Crippen LogP contribution in [0.4, 0.5) is 0 Å². The summed E-state index contributed by atoms with van der Waals surface area (Å²) in [5.74, 6) is 0.613. The van der Waals surface area contributed by atoms with Gasteiger partial charge in [0, 0.05) is 42.9 Å². The van der Waals surface area contributed by atoms with Gasteiger partial charge in [0.15, 0.2) is 0 Å². The molecule has 0 aliphatic heterocycles. The highest BCUT2D eigenvalue weighted by atomic mass is 16.1. The van der Waals surface area contributed by atoms with Crippen LogP contribution < -0.4 is 5.32 Å². The van der Waals surface area contributed by atoms with Gasteiger partial charge < -0.3 is 5.32 Å². The Labute approximate surface area is 148 Å². The van der Waals surface area contributed by atoms with Gasteiger partial charge in [-0.05, 0) is 36.1 Å². The third kappa shape index (κ3) is 4.89. The van der Waals surface area contributed by atoms with Gasteiger partial charge in [-0.3, -0.25) is 14.5 Å². The van der Waals surface area contributed by atoms with E-state index in [4.69, 9.17) is 0 Å². The normalized spacial score (nSPS) is 11.2. The second kappa shape index (κ2) is 7.92. The Morgan fingerprint density at radius 3 is 2.96 bits per heavy atom. The molecule has 0 spiro atoms. The first-order valence-corrected chi connectivity index (χ1v) is 8.72. The number of pyridine rings is 1. The van der Waals surface area contributed by atoms with Crippen LogP contribution in [0, 0.1) is 5.92 Å². The summed E-state index contributed by atoms with van der Waals surface area (Å²) in [5.41, 5.74) is 3.17. The number of hydrogen-bond donors (Lipinski definition) is 1. The Hall–Kier alpha value is -2.69. The summed E-state index contributed by atoms with van der Waals surface area (Å²) >= 11 is 0. The molecule has 0 aliphatic carbocycles. The average molecular weight is 336 g/mol. The van der Waals surface area contributed by atoms with Crippen LogP contribution in [0.1, 0.15) is 31.4 Å². The van der Waals surface area contributed by atoms with Gasteiger partial charge in [0.2, 0.25) is 5.91 Å². The van der Waals surface area contributed by atoms with Crippen LogP contribution in [0.3, 0.4) is 0 Å². The van der Waals surface area contributed by atoms with Crippen LogP contribution in [0.25, 0.3) is 10.9 Å². The van der Waals surface area contributed by atoms with Crippen molar-refractivity contribution in [1.29, 1.82) is 0 Å². The largest absolute Gasteiger partial charge is 0.352 e. The van der Waals surface area contributed by atoms with Crippen molar-refractivity contribution in [3.63, 3.8) is 0 Å². The number of benzene rings is 1. The quantitative estimate of drug-likeness (QED) is 0.720. The lowest BCUT2D eigenvalue weighted by Crippen LogP contribution is -2.22. The molecular formula is C20H24N4O. The third-order valence-corrected chi connectivity index (χ3v) is 4.04. The van der Waals surface area contributed by atoms with E-state index in [9.17, 15) is 4.79 Å². The molecule has 1 N–H and O–H groups in total. The summed E-state index contributed by atoms with van der Waals surface area (Å²) in [6, 6.07) is 10.1. The lowest BCUT2D eigenvalue weighted by Gasteiger charge is -2.05. The van der Waals surface area contributed by atoms with Gasteiger partial charge in [-0.2, -0.15) is 5.10 Å². The number of rotatable bonds is 7. The summed E-state index contributed by atoms with van der Waals surface area (Å²) in [5, 5.41) is 8.39. The molecule has 0 fully saturated rings. The molecular weight excluding hydrogens is 312 g/mol. The van der Waals surface area contributed by atoms with E-state index < -0.39 is 0 Å². The molecule has 0 atom stereocenters. The van der Waals surface area contributed by atoms with E-state index in [0.717, 1.165) is 35.0 Å². The minimum Gasteiger partial charge on any atom is -0.352 e. The molecule has 0 aliphatic rings. The summed E-state index contributed by atoms with van der Waals surface area (Å²) < 4.78 is 1.93. The number of amides is 1. The lowest BCUT2D eigenvalue weighted by molar-refractivity contribution is -0.121. The van der Waals surface area contributed by atoms with Gasteiger partial charge in [-0.15, -0.1) is 0 Å². The van der Waals surface area contributed by atoms with Crippen LogP contribution in [-0.2, 0) is 24.3 Å². The number of nitrogens with one attached hydrogen (secondary N) is 1. The van der Waals surface area contributed by atoms with E-state index in [0.29, 0.717) is 18.9 Å². The first-order valence-electron chi connectivity index (χ1n) is 8.72. The Bertz CT molecular complexity index is 854. The second-order valence-electron chi connectivity index (χ2n) is 6.77. The van der Waals surface area contributed by atoms with Crippen LogP contribution in [0.15, 0.2) is 48.9 Å². The SMILES string of the molecule is CC(C)Cn1cc(CNC(=O)CCc2ccc3ncccc3c2)cn1. The zero-order valence-corrected chi connectivity index (χ0v) is 14.8. The number of carbonyl (C=O) groups is 1. The fraction of sp³-hybridized carbons (Fsp3) is 0.350.